The zero-order valence-electron chi connectivity index (χ0n) is 22.3. The lowest BCUT2D eigenvalue weighted by molar-refractivity contribution is -0.160. The standard InChI is InChI=1S/C27H39N3O7/c1-15(2)18(14-31)30-23-25(34)29(16(3)4)12-8-6-7-9-20(32)28-13-17(5)36-26(35)21-19-10-11-27(23,37-19)22(21)24(30)33/h6,8,10-11,15-19,21-23,31H,7,9,12-14H2,1-5H3,(H,28,32)/b8-6-/t17-,18+,19+,21-,22-,23+,27-/m1/s1. The van der Waals surface area contributed by atoms with Gasteiger partial charge >= 0.3 is 5.97 Å². The number of hydrogen-bond donors (Lipinski definition) is 2. The van der Waals surface area contributed by atoms with Crippen LogP contribution < -0.4 is 5.32 Å². The van der Waals surface area contributed by atoms with E-state index in [1.165, 1.54) is 4.90 Å². The van der Waals surface area contributed by atoms with Crippen molar-refractivity contribution in [2.24, 2.45) is 17.8 Å². The molecule has 4 heterocycles. The van der Waals surface area contributed by atoms with Gasteiger partial charge in [0, 0.05) is 19.0 Å². The number of aliphatic hydroxyl groups excluding tert-OH is 1. The van der Waals surface area contributed by atoms with E-state index in [0.717, 1.165) is 0 Å². The topological polar surface area (TPSA) is 125 Å². The fraction of sp³-hybridized carbons (Fsp3) is 0.704. The van der Waals surface area contributed by atoms with Crippen molar-refractivity contribution in [2.75, 3.05) is 19.7 Å². The number of cyclic esters (lactones) is 1. The smallest absolute Gasteiger partial charge is 0.313 e. The molecule has 0 saturated carbocycles. The lowest BCUT2D eigenvalue weighted by Crippen LogP contribution is -2.60. The highest BCUT2D eigenvalue weighted by molar-refractivity contribution is 5.99. The first-order valence-corrected chi connectivity index (χ1v) is 13.3. The normalized spacial score (nSPS) is 36.3. The van der Waals surface area contributed by atoms with E-state index < -0.39 is 47.7 Å². The molecular formula is C27H39N3O7. The molecule has 4 aliphatic heterocycles. The van der Waals surface area contributed by atoms with Crippen molar-refractivity contribution in [3.8, 4) is 0 Å². The summed E-state index contributed by atoms with van der Waals surface area (Å²) in [4.78, 5) is 57.1. The molecule has 0 aromatic rings. The van der Waals surface area contributed by atoms with Gasteiger partial charge in [0.1, 0.15) is 23.7 Å². The van der Waals surface area contributed by atoms with Crippen molar-refractivity contribution >= 4 is 23.7 Å². The fourth-order valence-corrected chi connectivity index (χ4v) is 6.03. The Balaban J connectivity index is 1.81. The molecule has 0 unspecified atom stereocenters. The minimum atomic E-state index is -1.33. The number of aliphatic hydroxyl groups is 1. The van der Waals surface area contributed by atoms with Gasteiger partial charge in [-0.3, -0.25) is 19.2 Å². The maximum Gasteiger partial charge on any atom is 0.313 e. The van der Waals surface area contributed by atoms with E-state index in [0.29, 0.717) is 13.0 Å². The van der Waals surface area contributed by atoms with Gasteiger partial charge in [-0.15, -0.1) is 0 Å². The molecule has 7 atom stereocenters. The molecule has 0 aromatic heterocycles. The van der Waals surface area contributed by atoms with Crippen LogP contribution in [-0.4, -0.2) is 94.2 Å². The molecule has 204 valence electrons. The van der Waals surface area contributed by atoms with Gasteiger partial charge in [-0.1, -0.05) is 38.2 Å². The summed E-state index contributed by atoms with van der Waals surface area (Å²) in [5.74, 6) is -3.46. The highest BCUT2D eigenvalue weighted by Crippen LogP contribution is 2.56. The number of carbonyl (C=O) groups is 4. The molecule has 2 fully saturated rings. The van der Waals surface area contributed by atoms with Crippen LogP contribution in [-0.2, 0) is 28.7 Å². The van der Waals surface area contributed by atoms with Gasteiger partial charge in [-0.25, -0.2) is 0 Å². The van der Waals surface area contributed by atoms with E-state index in [-0.39, 0.29) is 49.3 Å². The Bertz CT molecular complexity index is 992. The van der Waals surface area contributed by atoms with Crippen LogP contribution in [0.25, 0.3) is 0 Å². The first-order valence-electron chi connectivity index (χ1n) is 13.3. The summed E-state index contributed by atoms with van der Waals surface area (Å²) >= 11 is 0. The van der Waals surface area contributed by atoms with Crippen molar-refractivity contribution in [3.05, 3.63) is 24.3 Å². The lowest BCUT2D eigenvalue weighted by atomic mass is 9.74. The summed E-state index contributed by atoms with van der Waals surface area (Å²) in [5, 5.41) is 13.1. The molecule has 10 heteroatoms. The zero-order valence-corrected chi connectivity index (χ0v) is 22.3. The Hall–Kier alpha value is -2.72. The van der Waals surface area contributed by atoms with Gasteiger partial charge < -0.3 is 29.7 Å². The number of nitrogens with zero attached hydrogens (tertiary/aromatic N) is 2. The van der Waals surface area contributed by atoms with Gasteiger partial charge in [0.25, 0.3) is 0 Å². The SMILES string of the molecule is CC(C)[C@H](CO)N1C(=O)[C@H]2[C@@H]3C(=O)O[C@H](C)CNC(=O)CC/C=C\CN(C(C)C)C(=O)[C@H]1[C@@]21C=C[C@@H]3O1. The molecule has 4 rings (SSSR count). The molecule has 0 aliphatic carbocycles. The predicted octanol–water partition coefficient (Wildman–Crippen LogP) is 0.789. The number of rotatable bonds is 4. The molecule has 10 nitrogen and oxygen atoms in total. The molecule has 1 spiro atoms. The van der Waals surface area contributed by atoms with Crippen molar-refractivity contribution in [1.29, 1.82) is 0 Å². The van der Waals surface area contributed by atoms with E-state index in [4.69, 9.17) is 9.47 Å². The number of amides is 3. The van der Waals surface area contributed by atoms with E-state index >= 15 is 0 Å². The number of allylic oxidation sites excluding steroid dienone is 1. The maximum atomic E-state index is 14.3. The van der Waals surface area contributed by atoms with Crippen molar-refractivity contribution in [3.63, 3.8) is 0 Å². The third kappa shape index (κ3) is 4.69. The third-order valence-corrected chi connectivity index (χ3v) is 7.95. The Kier molecular flexibility index (Phi) is 7.80. The fourth-order valence-electron chi connectivity index (χ4n) is 6.03. The second-order valence-corrected chi connectivity index (χ2v) is 11.1. The molecule has 2 N–H and O–H groups in total. The number of ether oxygens (including phenoxy) is 2. The van der Waals surface area contributed by atoms with E-state index in [2.05, 4.69) is 5.32 Å². The van der Waals surface area contributed by atoms with Gasteiger partial charge in [0.15, 0.2) is 0 Å². The quantitative estimate of drug-likeness (QED) is 0.417. The molecule has 37 heavy (non-hydrogen) atoms. The zero-order chi connectivity index (χ0) is 27.1. The van der Waals surface area contributed by atoms with Crippen LogP contribution in [0.4, 0.5) is 0 Å². The monoisotopic (exact) mass is 517 g/mol. The number of hydrogen-bond acceptors (Lipinski definition) is 7. The molecular weight excluding hydrogens is 478 g/mol. The van der Waals surface area contributed by atoms with Gasteiger partial charge in [0.05, 0.1) is 31.2 Å². The summed E-state index contributed by atoms with van der Waals surface area (Å²) in [7, 11) is 0. The molecule has 5 bridgehead atoms. The number of fused-ring (bicyclic) bond motifs is 2. The highest BCUT2D eigenvalue weighted by atomic mass is 16.6. The van der Waals surface area contributed by atoms with E-state index in [9.17, 15) is 24.3 Å². The average molecular weight is 518 g/mol. The second kappa shape index (κ2) is 10.6. The van der Waals surface area contributed by atoms with Crippen LogP contribution in [0.5, 0.6) is 0 Å². The highest BCUT2D eigenvalue weighted by Gasteiger charge is 2.74. The van der Waals surface area contributed by atoms with E-state index in [1.54, 1.807) is 24.0 Å². The third-order valence-electron chi connectivity index (χ3n) is 7.95. The number of nitrogens with one attached hydrogen (secondary N) is 1. The first kappa shape index (κ1) is 27.3. The molecule has 0 radical (unpaired) electrons. The van der Waals surface area contributed by atoms with Crippen LogP contribution in [0.1, 0.15) is 47.5 Å². The number of likely N-dealkylation sites (tertiary alicyclic amines) is 1. The molecule has 0 aromatic carbocycles. The van der Waals surface area contributed by atoms with Crippen molar-refractivity contribution in [1.82, 2.24) is 15.1 Å². The first-order chi connectivity index (χ1) is 17.5. The Labute approximate surface area is 218 Å². The van der Waals surface area contributed by atoms with Crippen LogP contribution in [0.15, 0.2) is 24.3 Å². The number of esters is 1. The van der Waals surface area contributed by atoms with Gasteiger partial charge in [0.2, 0.25) is 17.7 Å². The minimum Gasteiger partial charge on any atom is -0.460 e. The molecule has 3 amide bonds. The van der Waals surface area contributed by atoms with Crippen molar-refractivity contribution < 1.29 is 33.8 Å². The largest absolute Gasteiger partial charge is 0.460 e. The number of carbonyl (C=O) groups excluding carboxylic acids is 4. The summed E-state index contributed by atoms with van der Waals surface area (Å²) in [6.45, 7) is 9.37. The minimum absolute atomic E-state index is 0.139. The van der Waals surface area contributed by atoms with E-state index in [1.807, 2.05) is 39.8 Å². The Morgan fingerprint density at radius 3 is 2.51 bits per heavy atom. The van der Waals surface area contributed by atoms with Crippen LogP contribution in [0.3, 0.4) is 0 Å². The molecule has 4 aliphatic rings. The Morgan fingerprint density at radius 1 is 1.14 bits per heavy atom. The average Bonchev–Trinajstić information content (AvgIpc) is 3.47. The van der Waals surface area contributed by atoms with Gasteiger partial charge in [-0.05, 0) is 33.1 Å². The van der Waals surface area contributed by atoms with Gasteiger partial charge in [-0.2, -0.15) is 0 Å². The van der Waals surface area contributed by atoms with Crippen LogP contribution in [0.2, 0.25) is 0 Å². The van der Waals surface area contributed by atoms with Crippen LogP contribution >= 0.6 is 0 Å². The summed E-state index contributed by atoms with van der Waals surface area (Å²) in [6, 6.07) is -1.85. The summed E-state index contributed by atoms with van der Waals surface area (Å²) in [6.07, 6.45) is 6.68. The Morgan fingerprint density at radius 2 is 1.86 bits per heavy atom. The molecule has 2 saturated heterocycles. The lowest BCUT2D eigenvalue weighted by Gasteiger charge is -2.41. The maximum absolute atomic E-state index is 14.3. The second-order valence-electron chi connectivity index (χ2n) is 11.1. The summed E-state index contributed by atoms with van der Waals surface area (Å²) < 4.78 is 12.0. The predicted molar refractivity (Wildman–Crippen MR) is 134 cm³/mol. The van der Waals surface area contributed by atoms with Crippen LogP contribution in [0, 0.1) is 17.8 Å². The summed E-state index contributed by atoms with van der Waals surface area (Å²) in [5.41, 5.74) is -1.33. The van der Waals surface area contributed by atoms with Crippen molar-refractivity contribution in [2.45, 2.75) is 83.4 Å².